The highest BCUT2D eigenvalue weighted by atomic mass is 19.1. The van der Waals surface area contributed by atoms with Crippen LogP contribution in [0.2, 0.25) is 0 Å². The molecule has 1 aromatic carbocycles. The van der Waals surface area contributed by atoms with E-state index in [-0.39, 0.29) is 11.5 Å². The molecule has 0 bridgehead atoms. The number of nitrogens with zero attached hydrogens (tertiary/aromatic N) is 4. The van der Waals surface area contributed by atoms with E-state index in [9.17, 15) is 14.5 Å². The molecule has 1 aliphatic rings. The lowest BCUT2D eigenvalue weighted by Gasteiger charge is -2.17. The number of hydrogen-bond donors (Lipinski definition) is 0. The summed E-state index contributed by atoms with van der Waals surface area (Å²) in [7, 11) is 1.68. The summed E-state index contributed by atoms with van der Waals surface area (Å²) >= 11 is 0. The number of hydrogen-bond acceptors (Lipinski definition) is 4. The molecule has 7 heteroatoms. The monoisotopic (exact) mass is 302 g/mol. The summed E-state index contributed by atoms with van der Waals surface area (Å²) in [5, 5.41) is 15.4. The highest BCUT2D eigenvalue weighted by Gasteiger charge is 2.30. The molecule has 6 nitrogen and oxygen atoms in total. The van der Waals surface area contributed by atoms with Crippen LogP contribution in [0, 0.1) is 22.9 Å². The van der Waals surface area contributed by atoms with E-state index in [4.69, 9.17) is 0 Å². The maximum absolute atomic E-state index is 13.9. The Bertz CT molecular complexity index is 782. The number of rotatable bonds is 3. The number of benzene rings is 1. The molecule has 22 heavy (non-hydrogen) atoms. The Kier molecular flexibility index (Phi) is 3.40. The minimum atomic E-state index is -0.418. The van der Waals surface area contributed by atoms with Gasteiger partial charge in [-0.3, -0.25) is 10.1 Å². The quantitative estimate of drug-likeness (QED) is 0.646. The zero-order chi connectivity index (χ0) is 15.9. The van der Waals surface area contributed by atoms with Crippen molar-refractivity contribution in [3.05, 3.63) is 57.5 Å². The van der Waals surface area contributed by atoms with Gasteiger partial charge in [0.2, 0.25) is 5.82 Å². The highest BCUT2D eigenvalue weighted by Crippen LogP contribution is 2.34. The second-order valence-corrected chi connectivity index (χ2v) is 5.23. The summed E-state index contributed by atoms with van der Waals surface area (Å²) in [5.41, 5.74) is 1.74. The van der Waals surface area contributed by atoms with Gasteiger partial charge in [-0.05, 0) is 18.6 Å². The molecule has 0 saturated carbocycles. The van der Waals surface area contributed by atoms with Crippen LogP contribution in [0.25, 0.3) is 5.57 Å². The lowest BCUT2D eigenvalue weighted by atomic mass is 10.1. The second-order valence-electron chi connectivity index (χ2n) is 5.23. The van der Waals surface area contributed by atoms with Crippen LogP contribution in [-0.2, 0) is 7.05 Å². The van der Waals surface area contributed by atoms with Crippen molar-refractivity contribution >= 4 is 17.1 Å². The molecule has 0 aliphatic carbocycles. The smallest absolute Gasteiger partial charge is 0.333 e. The van der Waals surface area contributed by atoms with Crippen LogP contribution < -0.4 is 4.90 Å². The third-order valence-corrected chi connectivity index (χ3v) is 3.78. The first-order valence-electron chi connectivity index (χ1n) is 6.86. The van der Waals surface area contributed by atoms with E-state index >= 15 is 0 Å². The molecule has 0 amide bonds. The topological polar surface area (TPSA) is 64.2 Å². The third kappa shape index (κ3) is 2.24. The number of aryl methyl sites for hydroxylation is 2. The number of nitro groups is 1. The molecule has 114 valence electrons. The molecule has 3 rings (SSSR count). The molecular weight excluding hydrogens is 287 g/mol. The average Bonchev–Trinajstić information content (AvgIpc) is 3.03. The largest absolute Gasteiger partial charge is 0.343 e. The van der Waals surface area contributed by atoms with Crippen molar-refractivity contribution in [1.29, 1.82) is 0 Å². The number of aromatic nitrogens is 2. The molecule has 0 atom stereocenters. The fourth-order valence-corrected chi connectivity index (χ4v) is 2.84. The first-order chi connectivity index (χ1) is 10.5. The Balaban J connectivity index is 1.93. The van der Waals surface area contributed by atoms with E-state index < -0.39 is 4.92 Å². The van der Waals surface area contributed by atoms with Crippen molar-refractivity contribution in [3.63, 3.8) is 0 Å². The van der Waals surface area contributed by atoms with Gasteiger partial charge >= 0.3 is 5.69 Å². The van der Waals surface area contributed by atoms with Crippen LogP contribution in [0.4, 0.5) is 15.9 Å². The van der Waals surface area contributed by atoms with Crippen LogP contribution in [0.3, 0.4) is 0 Å². The summed E-state index contributed by atoms with van der Waals surface area (Å²) in [6.07, 6.45) is 1.89. The van der Waals surface area contributed by atoms with Crippen LogP contribution in [0.1, 0.15) is 11.3 Å². The second kappa shape index (κ2) is 5.25. The van der Waals surface area contributed by atoms with Gasteiger partial charge in [0, 0.05) is 25.7 Å². The Morgan fingerprint density at radius 3 is 2.77 bits per heavy atom. The Morgan fingerprint density at radius 1 is 1.36 bits per heavy atom. The molecule has 0 radical (unpaired) electrons. The third-order valence-electron chi connectivity index (χ3n) is 3.78. The van der Waals surface area contributed by atoms with Crippen molar-refractivity contribution in [1.82, 2.24) is 9.78 Å². The minimum absolute atomic E-state index is 0.00526. The van der Waals surface area contributed by atoms with E-state index in [0.29, 0.717) is 30.2 Å². The van der Waals surface area contributed by atoms with E-state index in [0.717, 1.165) is 5.57 Å². The molecule has 2 heterocycles. The molecule has 0 unspecified atom stereocenters. The van der Waals surface area contributed by atoms with Crippen LogP contribution in [0.5, 0.6) is 0 Å². The van der Waals surface area contributed by atoms with Crippen molar-refractivity contribution in [3.8, 4) is 0 Å². The standard InChI is InChI=1S/C15H15FN4O2/c1-10-14(20(21)22)15(18(2)17-10)19-8-7-11(9-19)12-5-3-4-6-13(12)16/h3-7H,8-9H2,1-2H3. The average molecular weight is 302 g/mol. The van der Waals surface area contributed by atoms with Gasteiger partial charge in [-0.25, -0.2) is 9.07 Å². The van der Waals surface area contributed by atoms with Crippen molar-refractivity contribution < 1.29 is 9.31 Å². The van der Waals surface area contributed by atoms with Gasteiger partial charge in [-0.15, -0.1) is 0 Å². The van der Waals surface area contributed by atoms with Crippen LogP contribution in [0.15, 0.2) is 30.3 Å². The fraction of sp³-hybridized carbons (Fsp3) is 0.267. The van der Waals surface area contributed by atoms with Gasteiger partial charge < -0.3 is 4.90 Å². The van der Waals surface area contributed by atoms with Gasteiger partial charge in [0.25, 0.3) is 0 Å². The summed E-state index contributed by atoms with van der Waals surface area (Å²) in [6.45, 7) is 2.52. The highest BCUT2D eigenvalue weighted by molar-refractivity contribution is 5.76. The van der Waals surface area contributed by atoms with Crippen molar-refractivity contribution in [2.24, 2.45) is 7.05 Å². The molecule has 1 aromatic heterocycles. The predicted octanol–water partition coefficient (Wildman–Crippen LogP) is 2.68. The van der Waals surface area contributed by atoms with Crippen molar-refractivity contribution in [2.45, 2.75) is 6.92 Å². The number of anilines is 1. The van der Waals surface area contributed by atoms with E-state index in [1.165, 1.54) is 10.7 Å². The first-order valence-corrected chi connectivity index (χ1v) is 6.86. The fourth-order valence-electron chi connectivity index (χ4n) is 2.84. The van der Waals surface area contributed by atoms with Crippen LogP contribution in [-0.4, -0.2) is 27.8 Å². The van der Waals surface area contributed by atoms with E-state index in [1.54, 1.807) is 32.2 Å². The normalized spacial score (nSPS) is 14.3. The Hall–Kier alpha value is -2.70. The van der Waals surface area contributed by atoms with Gasteiger partial charge in [-0.2, -0.15) is 5.10 Å². The van der Waals surface area contributed by atoms with Gasteiger partial charge in [0.1, 0.15) is 11.5 Å². The predicted molar refractivity (Wildman–Crippen MR) is 81.2 cm³/mol. The summed E-state index contributed by atoms with van der Waals surface area (Å²) in [6, 6.07) is 6.54. The van der Waals surface area contributed by atoms with Gasteiger partial charge in [0.05, 0.1) is 4.92 Å². The molecular formula is C15H15FN4O2. The summed E-state index contributed by atoms with van der Waals surface area (Å²) in [5.74, 6) is 0.163. The van der Waals surface area contributed by atoms with E-state index in [2.05, 4.69) is 5.10 Å². The molecule has 0 saturated heterocycles. The molecule has 0 spiro atoms. The summed E-state index contributed by atoms with van der Waals surface area (Å²) in [4.78, 5) is 12.7. The van der Waals surface area contributed by atoms with Crippen LogP contribution >= 0.6 is 0 Å². The molecule has 1 aliphatic heterocycles. The zero-order valence-electron chi connectivity index (χ0n) is 12.3. The Labute approximate surface area is 126 Å². The van der Waals surface area contributed by atoms with Gasteiger partial charge in [0.15, 0.2) is 0 Å². The van der Waals surface area contributed by atoms with E-state index in [1.807, 2.05) is 11.0 Å². The summed E-state index contributed by atoms with van der Waals surface area (Å²) < 4.78 is 15.4. The maximum atomic E-state index is 13.9. The SMILES string of the molecule is Cc1nn(C)c(N2CC=C(c3ccccc3F)C2)c1[N+](=O)[O-]. The molecule has 2 aromatic rings. The van der Waals surface area contributed by atoms with Gasteiger partial charge in [-0.1, -0.05) is 24.3 Å². The Morgan fingerprint density at radius 2 is 2.09 bits per heavy atom. The zero-order valence-corrected chi connectivity index (χ0v) is 12.3. The minimum Gasteiger partial charge on any atom is -0.343 e. The first kappa shape index (κ1) is 14.2. The lowest BCUT2D eigenvalue weighted by Crippen LogP contribution is -2.23. The lowest BCUT2D eigenvalue weighted by molar-refractivity contribution is -0.384. The maximum Gasteiger partial charge on any atom is 0.333 e. The molecule has 0 N–H and O–H groups in total. The molecule has 0 fully saturated rings. The van der Waals surface area contributed by atoms with Crippen molar-refractivity contribution in [2.75, 3.05) is 18.0 Å². The number of halogens is 1.